The van der Waals surface area contributed by atoms with Gasteiger partial charge >= 0.3 is 0 Å². The van der Waals surface area contributed by atoms with Crippen LogP contribution in [0.1, 0.15) is 0 Å². The molecule has 1 aliphatic heterocycles. The summed E-state index contributed by atoms with van der Waals surface area (Å²) in [5.74, 6) is 1.94. The van der Waals surface area contributed by atoms with Gasteiger partial charge < -0.3 is 18.9 Å². The Hall–Kier alpha value is -2.61. The fourth-order valence-corrected chi connectivity index (χ4v) is 3.71. The summed E-state index contributed by atoms with van der Waals surface area (Å²) in [7, 11) is 0.659. The van der Waals surface area contributed by atoms with Gasteiger partial charge in [0.05, 0.1) is 24.8 Å². The Kier molecular flexibility index (Phi) is 4.63. The fourth-order valence-electron chi connectivity index (χ4n) is 2.50. The van der Waals surface area contributed by atoms with Crippen LogP contribution in [0.4, 0.5) is 5.69 Å². The van der Waals surface area contributed by atoms with Gasteiger partial charge in [-0.3, -0.25) is 4.31 Å². The number of hydrogen-bond acceptors (Lipinski definition) is 6. The molecule has 0 unspecified atom stereocenters. The number of fused-ring (bicyclic) bond motifs is 1. The molecule has 0 atom stereocenters. The molecule has 7 nitrogen and oxygen atoms in total. The lowest BCUT2D eigenvalue weighted by atomic mass is 10.2. The highest BCUT2D eigenvalue weighted by Crippen LogP contribution is 2.36. The van der Waals surface area contributed by atoms with E-state index in [1.807, 2.05) is 0 Å². The third-order valence-electron chi connectivity index (χ3n) is 3.90. The minimum absolute atomic E-state index is 0.0996. The molecule has 8 heteroatoms. The quantitative estimate of drug-likeness (QED) is 0.809. The van der Waals surface area contributed by atoms with Gasteiger partial charge in [-0.2, -0.15) is 0 Å². The van der Waals surface area contributed by atoms with Gasteiger partial charge in [-0.1, -0.05) is 0 Å². The Morgan fingerprint density at radius 2 is 1.60 bits per heavy atom. The van der Waals surface area contributed by atoms with Crippen molar-refractivity contribution < 1.29 is 27.4 Å². The minimum Gasteiger partial charge on any atom is -0.493 e. The number of ether oxygens (including phenoxy) is 4. The van der Waals surface area contributed by atoms with Crippen molar-refractivity contribution in [2.24, 2.45) is 0 Å². The van der Waals surface area contributed by atoms with Gasteiger partial charge in [0.15, 0.2) is 23.0 Å². The Balaban J connectivity index is 1.97. The first kappa shape index (κ1) is 17.2. The van der Waals surface area contributed by atoms with Crippen molar-refractivity contribution in [1.82, 2.24) is 0 Å². The number of benzene rings is 2. The molecule has 0 spiro atoms. The number of rotatable bonds is 5. The zero-order valence-electron chi connectivity index (χ0n) is 14.2. The van der Waals surface area contributed by atoms with Gasteiger partial charge in [-0.15, -0.1) is 0 Å². The lowest BCUT2D eigenvalue weighted by Gasteiger charge is -2.23. The van der Waals surface area contributed by atoms with Gasteiger partial charge in [0.25, 0.3) is 10.0 Å². The van der Waals surface area contributed by atoms with Gasteiger partial charge in [-0.05, 0) is 24.3 Å². The highest BCUT2D eigenvalue weighted by Gasteiger charge is 2.24. The average Bonchev–Trinajstić information content (AvgIpc) is 2.66. The molecule has 3 rings (SSSR count). The average molecular weight is 365 g/mol. The van der Waals surface area contributed by atoms with E-state index in [1.54, 1.807) is 24.3 Å². The predicted molar refractivity (Wildman–Crippen MR) is 92.6 cm³/mol. The van der Waals surface area contributed by atoms with Crippen molar-refractivity contribution in [2.75, 3.05) is 38.8 Å². The maximum atomic E-state index is 12.9. The van der Waals surface area contributed by atoms with Gasteiger partial charge in [0.1, 0.15) is 13.2 Å². The first-order chi connectivity index (χ1) is 12.0. The van der Waals surface area contributed by atoms with Crippen LogP contribution in [0.3, 0.4) is 0 Å². The zero-order valence-corrected chi connectivity index (χ0v) is 15.0. The van der Waals surface area contributed by atoms with Crippen LogP contribution in [0.5, 0.6) is 23.0 Å². The number of anilines is 1. The number of sulfonamides is 1. The van der Waals surface area contributed by atoms with Crippen molar-refractivity contribution in [2.45, 2.75) is 4.90 Å². The Labute approximate surface area is 146 Å². The van der Waals surface area contributed by atoms with Crippen molar-refractivity contribution in [3.63, 3.8) is 0 Å². The molecule has 0 fully saturated rings. The smallest absolute Gasteiger partial charge is 0.264 e. The van der Waals surface area contributed by atoms with E-state index in [9.17, 15) is 8.42 Å². The molecular weight excluding hydrogens is 346 g/mol. The fraction of sp³-hybridized carbons (Fsp3) is 0.294. The summed E-state index contributed by atoms with van der Waals surface area (Å²) in [5.41, 5.74) is 0.471. The van der Waals surface area contributed by atoms with Crippen LogP contribution >= 0.6 is 0 Å². The first-order valence-corrected chi connectivity index (χ1v) is 9.02. The van der Waals surface area contributed by atoms with Crippen molar-refractivity contribution in [3.8, 4) is 23.0 Å². The summed E-state index contributed by atoms with van der Waals surface area (Å²) in [6.45, 7) is 0.911. The molecule has 1 aliphatic rings. The van der Waals surface area contributed by atoms with Crippen molar-refractivity contribution in [1.29, 1.82) is 0 Å². The lowest BCUT2D eigenvalue weighted by Crippen LogP contribution is -2.27. The van der Waals surface area contributed by atoms with Crippen LogP contribution in [0, 0.1) is 0 Å². The zero-order chi connectivity index (χ0) is 18.0. The number of hydrogen-bond donors (Lipinski definition) is 0. The van der Waals surface area contributed by atoms with Crippen LogP contribution < -0.4 is 23.3 Å². The maximum Gasteiger partial charge on any atom is 0.264 e. The second-order valence-electron chi connectivity index (χ2n) is 5.32. The maximum absolute atomic E-state index is 12.9. The lowest BCUT2D eigenvalue weighted by molar-refractivity contribution is 0.171. The third kappa shape index (κ3) is 3.17. The standard InChI is InChI=1S/C17H19NO6S/c1-18(12-4-6-15-17(10-12)24-9-8-23-15)25(19,20)13-5-7-14(21-2)16(11-13)22-3/h4-7,10-11H,8-9H2,1-3H3. The Morgan fingerprint density at radius 1 is 0.920 bits per heavy atom. The molecule has 0 saturated heterocycles. The molecule has 0 aliphatic carbocycles. The van der Waals surface area contributed by atoms with Crippen LogP contribution in [0.25, 0.3) is 0 Å². The van der Waals surface area contributed by atoms with E-state index < -0.39 is 10.0 Å². The molecule has 0 aromatic heterocycles. The normalized spacial score (nSPS) is 13.2. The molecule has 0 saturated carbocycles. The monoisotopic (exact) mass is 365 g/mol. The van der Waals surface area contributed by atoms with Crippen molar-refractivity contribution in [3.05, 3.63) is 36.4 Å². The molecule has 1 heterocycles. The summed E-state index contributed by atoms with van der Waals surface area (Å²) in [4.78, 5) is 0.0996. The summed E-state index contributed by atoms with van der Waals surface area (Å²) in [5, 5.41) is 0. The van der Waals surface area contributed by atoms with Crippen LogP contribution in [0.15, 0.2) is 41.3 Å². The largest absolute Gasteiger partial charge is 0.493 e. The predicted octanol–water partition coefficient (Wildman–Crippen LogP) is 2.30. The van der Waals surface area contributed by atoms with Crippen molar-refractivity contribution >= 4 is 15.7 Å². The van der Waals surface area contributed by atoms with E-state index in [-0.39, 0.29) is 4.90 Å². The van der Waals surface area contributed by atoms with Crippen LogP contribution in [-0.4, -0.2) is 42.9 Å². The van der Waals surface area contributed by atoms with E-state index >= 15 is 0 Å². The highest BCUT2D eigenvalue weighted by atomic mass is 32.2. The Bertz CT molecular complexity index is 881. The Morgan fingerprint density at radius 3 is 2.28 bits per heavy atom. The van der Waals surface area contributed by atoms with E-state index in [0.717, 1.165) is 0 Å². The number of methoxy groups -OCH3 is 2. The van der Waals surface area contributed by atoms with E-state index in [1.165, 1.54) is 37.7 Å². The molecule has 134 valence electrons. The van der Waals surface area contributed by atoms with Crippen LogP contribution in [0.2, 0.25) is 0 Å². The molecule has 2 aromatic rings. The molecular formula is C17H19NO6S. The number of nitrogens with zero attached hydrogens (tertiary/aromatic N) is 1. The topological polar surface area (TPSA) is 74.3 Å². The van der Waals surface area contributed by atoms with E-state index in [2.05, 4.69) is 0 Å². The summed E-state index contributed by atoms with van der Waals surface area (Å²) < 4.78 is 48.4. The molecule has 0 bridgehead atoms. The summed E-state index contributed by atoms with van der Waals surface area (Å²) in [6.07, 6.45) is 0. The van der Waals surface area contributed by atoms with Gasteiger partial charge in [0.2, 0.25) is 0 Å². The molecule has 2 aromatic carbocycles. The summed E-state index contributed by atoms with van der Waals surface area (Å²) >= 11 is 0. The van der Waals surface area contributed by atoms with Gasteiger partial charge in [0, 0.05) is 19.2 Å². The summed E-state index contributed by atoms with van der Waals surface area (Å²) in [6, 6.07) is 9.49. The third-order valence-corrected chi connectivity index (χ3v) is 5.68. The molecule has 0 radical (unpaired) electrons. The van der Waals surface area contributed by atoms with Gasteiger partial charge in [-0.25, -0.2) is 8.42 Å². The van der Waals surface area contributed by atoms with Crippen LogP contribution in [-0.2, 0) is 10.0 Å². The van der Waals surface area contributed by atoms with E-state index in [4.69, 9.17) is 18.9 Å². The second kappa shape index (κ2) is 6.72. The SMILES string of the molecule is COc1ccc(S(=O)(=O)N(C)c2ccc3c(c2)OCCO3)cc1OC. The molecule has 0 N–H and O–H groups in total. The molecule has 0 amide bonds. The minimum atomic E-state index is -3.77. The second-order valence-corrected chi connectivity index (χ2v) is 7.29. The molecule has 25 heavy (non-hydrogen) atoms. The van der Waals surface area contributed by atoms with E-state index in [0.29, 0.717) is 41.9 Å². The highest BCUT2D eigenvalue weighted by molar-refractivity contribution is 7.92. The first-order valence-electron chi connectivity index (χ1n) is 7.58.